The van der Waals surface area contributed by atoms with E-state index >= 15 is 0 Å². The van der Waals surface area contributed by atoms with Crippen molar-refractivity contribution in [3.8, 4) is 0 Å². The van der Waals surface area contributed by atoms with Gasteiger partial charge in [-0.3, -0.25) is 4.79 Å². The molecule has 2 atom stereocenters. The SMILES string of the molecule is CC(C)(C)[Si](C)(C)O[C@](C)(CC(=O)N1C(=O)OC[C@@H]1Cc1ccccc1)c1ccccc1. The second kappa shape index (κ2) is 9.20. The Morgan fingerprint density at radius 2 is 1.59 bits per heavy atom. The molecule has 6 heteroatoms. The third-order valence-electron chi connectivity index (χ3n) is 6.70. The summed E-state index contributed by atoms with van der Waals surface area (Å²) in [7, 11) is -2.21. The van der Waals surface area contributed by atoms with Crippen molar-refractivity contribution in [1.29, 1.82) is 0 Å². The molecule has 5 nitrogen and oxygen atoms in total. The zero-order valence-corrected chi connectivity index (χ0v) is 21.1. The molecule has 0 aromatic heterocycles. The van der Waals surface area contributed by atoms with Crippen LogP contribution in [0.25, 0.3) is 0 Å². The summed E-state index contributed by atoms with van der Waals surface area (Å²) in [6.45, 7) is 13.1. The quantitative estimate of drug-likeness (QED) is 0.490. The summed E-state index contributed by atoms with van der Waals surface area (Å²) in [5.74, 6) is -0.265. The van der Waals surface area contributed by atoms with Gasteiger partial charge in [0.2, 0.25) is 5.91 Å². The lowest BCUT2D eigenvalue weighted by Gasteiger charge is -2.44. The fraction of sp³-hybridized carbons (Fsp3) is 0.462. The van der Waals surface area contributed by atoms with E-state index in [2.05, 4.69) is 33.9 Å². The first kappa shape index (κ1) is 24.2. The summed E-state index contributed by atoms with van der Waals surface area (Å²) < 4.78 is 12.1. The van der Waals surface area contributed by atoms with Gasteiger partial charge in [-0.05, 0) is 42.6 Å². The van der Waals surface area contributed by atoms with Crippen molar-refractivity contribution in [3.63, 3.8) is 0 Å². The number of amides is 2. The Balaban J connectivity index is 1.88. The van der Waals surface area contributed by atoms with Gasteiger partial charge in [-0.25, -0.2) is 9.69 Å². The number of hydrogen-bond donors (Lipinski definition) is 0. The largest absolute Gasteiger partial charge is 0.447 e. The number of ether oxygens (including phenoxy) is 1. The van der Waals surface area contributed by atoms with Crippen molar-refractivity contribution in [2.24, 2.45) is 0 Å². The van der Waals surface area contributed by atoms with Crippen LogP contribution in [0.4, 0.5) is 4.79 Å². The van der Waals surface area contributed by atoms with Gasteiger partial charge >= 0.3 is 6.09 Å². The molecule has 1 aliphatic heterocycles. The summed E-state index contributed by atoms with van der Waals surface area (Å²) in [6, 6.07) is 19.4. The number of hydrogen-bond acceptors (Lipinski definition) is 4. The van der Waals surface area contributed by atoms with Crippen LogP contribution in [-0.2, 0) is 26.0 Å². The lowest BCUT2D eigenvalue weighted by atomic mass is 9.91. The fourth-order valence-corrected chi connectivity index (χ4v) is 5.50. The van der Waals surface area contributed by atoms with Gasteiger partial charge in [0.25, 0.3) is 0 Å². The molecule has 2 aromatic rings. The van der Waals surface area contributed by atoms with Crippen LogP contribution in [0, 0.1) is 0 Å². The van der Waals surface area contributed by atoms with Gasteiger partial charge in [0.1, 0.15) is 6.61 Å². The standard InChI is InChI=1S/C26H35NO4Si/c1-25(2,3)32(5,6)31-26(4,21-15-11-8-12-16-21)18-23(28)27-22(19-30-24(27)29)17-20-13-9-7-10-14-20/h7-16,22H,17-19H2,1-6H3/t22-,26+/m0/s1. The monoisotopic (exact) mass is 453 g/mol. The molecule has 1 heterocycles. The first-order valence-electron chi connectivity index (χ1n) is 11.2. The van der Waals surface area contributed by atoms with Crippen molar-refractivity contribution in [1.82, 2.24) is 4.90 Å². The molecule has 2 amide bonds. The first-order chi connectivity index (χ1) is 14.9. The minimum atomic E-state index is -2.21. The molecule has 0 unspecified atom stereocenters. The Morgan fingerprint density at radius 1 is 1.03 bits per heavy atom. The predicted octanol–water partition coefficient (Wildman–Crippen LogP) is 5.90. The van der Waals surface area contributed by atoms with E-state index in [0.29, 0.717) is 6.42 Å². The van der Waals surface area contributed by atoms with Crippen LogP contribution in [0.5, 0.6) is 0 Å². The van der Waals surface area contributed by atoms with E-state index in [1.54, 1.807) is 0 Å². The smallest absolute Gasteiger partial charge is 0.416 e. The molecule has 2 aromatic carbocycles. The number of imide groups is 1. The van der Waals surface area contributed by atoms with E-state index in [0.717, 1.165) is 11.1 Å². The van der Waals surface area contributed by atoms with Crippen molar-refractivity contribution in [2.45, 2.75) is 70.3 Å². The maximum atomic E-state index is 13.5. The van der Waals surface area contributed by atoms with E-state index in [1.807, 2.05) is 67.6 Å². The zero-order chi connectivity index (χ0) is 23.6. The summed E-state index contributed by atoms with van der Waals surface area (Å²) in [6.07, 6.45) is 0.0755. The van der Waals surface area contributed by atoms with Gasteiger partial charge in [0.05, 0.1) is 18.1 Å². The average Bonchev–Trinajstić information content (AvgIpc) is 3.08. The average molecular weight is 454 g/mol. The van der Waals surface area contributed by atoms with Gasteiger partial charge in [-0.1, -0.05) is 81.4 Å². The third kappa shape index (κ3) is 5.30. The van der Waals surface area contributed by atoms with Gasteiger partial charge in [0.15, 0.2) is 8.32 Å². The lowest BCUT2D eigenvalue weighted by molar-refractivity contribution is -0.133. The molecular weight excluding hydrogens is 418 g/mol. The van der Waals surface area contributed by atoms with Crippen LogP contribution in [-0.4, -0.2) is 37.9 Å². The summed E-state index contributed by atoms with van der Waals surface area (Å²) >= 11 is 0. The number of benzene rings is 2. The third-order valence-corrected chi connectivity index (χ3v) is 11.3. The molecule has 32 heavy (non-hydrogen) atoms. The molecule has 1 saturated heterocycles. The maximum absolute atomic E-state index is 13.5. The molecular formula is C26H35NO4Si. The lowest BCUT2D eigenvalue weighted by Crippen LogP contribution is -2.50. The number of cyclic esters (lactones) is 1. The molecule has 0 saturated carbocycles. The van der Waals surface area contributed by atoms with Crippen LogP contribution in [0.3, 0.4) is 0 Å². The second-order valence-electron chi connectivity index (χ2n) is 10.3. The summed E-state index contributed by atoms with van der Waals surface area (Å²) in [5.41, 5.74) is 1.16. The van der Waals surface area contributed by atoms with Gasteiger partial charge in [-0.15, -0.1) is 0 Å². The highest BCUT2D eigenvalue weighted by Crippen LogP contribution is 2.43. The molecule has 0 bridgehead atoms. The van der Waals surface area contributed by atoms with Gasteiger partial charge < -0.3 is 9.16 Å². The molecule has 172 valence electrons. The highest BCUT2D eigenvalue weighted by atomic mass is 28.4. The minimum absolute atomic E-state index is 0.0193. The fourth-order valence-electron chi connectivity index (χ4n) is 3.88. The van der Waals surface area contributed by atoms with Crippen molar-refractivity contribution in [3.05, 3.63) is 71.8 Å². The Morgan fingerprint density at radius 3 is 2.16 bits per heavy atom. The van der Waals surface area contributed by atoms with E-state index < -0.39 is 20.0 Å². The Bertz CT molecular complexity index is 939. The van der Waals surface area contributed by atoms with Crippen molar-refractivity contribution in [2.75, 3.05) is 6.61 Å². The Labute approximate surface area is 192 Å². The second-order valence-corrected chi connectivity index (χ2v) is 15.0. The normalized spacial score (nSPS) is 18.9. The number of carbonyl (C=O) groups excluding carboxylic acids is 2. The molecule has 1 aliphatic rings. The van der Waals surface area contributed by atoms with Crippen molar-refractivity contribution < 1.29 is 18.8 Å². The van der Waals surface area contributed by atoms with Crippen LogP contribution in [0.1, 0.15) is 45.2 Å². The topological polar surface area (TPSA) is 55.8 Å². The van der Waals surface area contributed by atoms with Crippen molar-refractivity contribution >= 4 is 20.3 Å². The summed E-state index contributed by atoms with van der Waals surface area (Å²) in [4.78, 5) is 27.4. The molecule has 0 spiro atoms. The van der Waals surface area contributed by atoms with Gasteiger partial charge in [-0.2, -0.15) is 0 Å². The van der Waals surface area contributed by atoms with Gasteiger partial charge in [0, 0.05) is 0 Å². The highest BCUT2D eigenvalue weighted by molar-refractivity contribution is 6.74. The predicted molar refractivity (Wildman–Crippen MR) is 129 cm³/mol. The van der Waals surface area contributed by atoms with E-state index in [9.17, 15) is 9.59 Å². The Hall–Kier alpha value is -2.44. The number of rotatable bonds is 7. The van der Waals surface area contributed by atoms with Crippen LogP contribution in [0.2, 0.25) is 18.1 Å². The molecule has 0 radical (unpaired) electrons. The summed E-state index contributed by atoms with van der Waals surface area (Å²) in [5, 5.41) is -0.0193. The highest BCUT2D eigenvalue weighted by Gasteiger charge is 2.47. The number of carbonyl (C=O) groups is 2. The molecule has 3 rings (SSSR count). The number of nitrogens with zero attached hydrogens (tertiary/aromatic N) is 1. The van der Waals surface area contributed by atoms with E-state index in [-0.39, 0.29) is 30.0 Å². The van der Waals surface area contributed by atoms with E-state index in [1.165, 1.54) is 4.90 Å². The zero-order valence-electron chi connectivity index (χ0n) is 20.1. The molecule has 0 N–H and O–H groups in total. The van der Waals surface area contributed by atoms with Crippen LogP contribution in [0.15, 0.2) is 60.7 Å². The van der Waals surface area contributed by atoms with Crippen LogP contribution >= 0.6 is 0 Å². The maximum Gasteiger partial charge on any atom is 0.416 e. The molecule has 1 fully saturated rings. The van der Waals surface area contributed by atoms with E-state index in [4.69, 9.17) is 9.16 Å². The first-order valence-corrected chi connectivity index (χ1v) is 14.1. The Kier molecular flexibility index (Phi) is 6.96. The molecule has 0 aliphatic carbocycles. The minimum Gasteiger partial charge on any atom is -0.447 e. The van der Waals surface area contributed by atoms with Crippen LogP contribution < -0.4 is 0 Å².